The standard InChI is InChI=1S/C14H26N4O/c1-4-6-7-8-11(3)16-13-9-12(15)17-14(18-13)10-19-5-2/h9,11H,4-8,10H2,1-3H3,(H3,15,16,17,18). The fourth-order valence-electron chi connectivity index (χ4n) is 1.87. The van der Waals surface area contributed by atoms with Crippen LogP contribution in [0.15, 0.2) is 6.07 Å². The quantitative estimate of drug-likeness (QED) is 0.672. The van der Waals surface area contributed by atoms with E-state index in [1.807, 2.05) is 6.92 Å². The Balaban J connectivity index is 2.54. The molecule has 3 N–H and O–H groups in total. The molecule has 0 aliphatic carbocycles. The molecule has 1 unspecified atom stereocenters. The van der Waals surface area contributed by atoms with Gasteiger partial charge in [-0.15, -0.1) is 0 Å². The number of aromatic nitrogens is 2. The number of ether oxygens (including phenoxy) is 1. The molecule has 1 aromatic heterocycles. The van der Waals surface area contributed by atoms with Crippen LogP contribution in [0, 0.1) is 0 Å². The molecule has 1 aromatic rings. The molecule has 0 radical (unpaired) electrons. The topological polar surface area (TPSA) is 73.1 Å². The molecule has 0 bridgehead atoms. The molecular formula is C14H26N4O. The molecule has 5 heteroatoms. The predicted octanol–water partition coefficient (Wildman–Crippen LogP) is 2.98. The van der Waals surface area contributed by atoms with Gasteiger partial charge in [-0.05, 0) is 20.3 Å². The molecule has 0 aromatic carbocycles. The Morgan fingerprint density at radius 3 is 2.79 bits per heavy atom. The van der Waals surface area contributed by atoms with Gasteiger partial charge in [-0.2, -0.15) is 0 Å². The summed E-state index contributed by atoms with van der Waals surface area (Å²) in [5, 5.41) is 3.37. The molecule has 1 heterocycles. The minimum atomic E-state index is 0.390. The fraction of sp³-hybridized carbons (Fsp3) is 0.714. The summed E-state index contributed by atoms with van der Waals surface area (Å²) in [5.74, 6) is 1.89. The number of nitrogen functional groups attached to an aromatic ring is 1. The number of hydrogen-bond acceptors (Lipinski definition) is 5. The molecule has 0 saturated heterocycles. The molecule has 1 atom stereocenters. The third kappa shape index (κ3) is 6.38. The lowest BCUT2D eigenvalue weighted by atomic mass is 10.1. The van der Waals surface area contributed by atoms with Gasteiger partial charge in [0.25, 0.3) is 0 Å². The van der Waals surface area contributed by atoms with Crippen LogP contribution in [0.4, 0.5) is 11.6 Å². The summed E-state index contributed by atoms with van der Waals surface area (Å²) in [5.41, 5.74) is 5.78. The number of rotatable bonds is 9. The van der Waals surface area contributed by atoms with Crippen molar-refractivity contribution >= 4 is 11.6 Å². The predicted molar refractivity (Wildman–Crippen MR) is 79.0 cm³/mol. The third-order valence-electron chi connectivity index (χ3n) is 2.86. The summed E-state index contributed by atoms with van der Waals surface area (Å²) >= 11 is 0. The van der Waals surface area contributed by atoms with E-state index in [0.717, 1.165) is 12.2 Å². The summed E-state index contributed by atoms with van der Waals surface area (Å²) < 4.78 is 5.31. The highest BCUT2D eigenvalue weighted by Crippen LogP contribution is 2.13. The van der Waals surface area contributed by atoms with Crippen LogP contribution in [-0.4, -0.2) is 22.6 Å². The van der Waals surface area contributed by atoms with Gasteiger partial charge in [0.1, 0.15) is 18.2 Å². The normalized spacial score (nSPS) is 12.4. The maximum atomic E-state index is 5.78. The molecule has 1 rings (SSSR count). The van der Waals surface area contributed by atoms with Crippen molar-refractivity contribution in [3.05, 3.63) is 11.9 Å². The maximum absolute atomic E-state index is 5.78. The summed E-state index contributed by atoms with van der Waals surface area (Å²) in [6, 6.07) is 2.16. The van der Waals surface area contributed by atoms with E-state index >= 15 is 0 Å². The SMILES string of the molecule is CCCCCC(C)Nc1cc(N)nc(COCC)n1. The number of anilines is 2. The van der Waals surface area contributed by atoms with Crippen molar-refractivity contribution in [3.8, 4) is 0 Å². The van der Waals surface area contributed by atoms with Crippen LogP contribution in [0.1, 0.15) is 52.3 Å². The minimum Gasteiger partial charge on any atom is -0.384 e. The average molecular weight is 266 g/mol. The van der Waals surface area contributed by atoms with E-state index in [0.29, 0.717) is 30.9 Å². The first-order valence-electron chi connectivity index (χ1n) is 7.13. The first-order valence-corrected chi connectivity index (χ1v) is 7.13. The van der Waals surface area contributed by atoms with Gasteiger partial charge < -0.3 is 15.8 Å². The zero-order valence-electron chi connectivity index (χ0n) is 12.3. The minimum absolute atomic E-state index is 0.390. The van der Waals surface area contributed by atoms with Crippen molar-refractivity contribution in [2.24, 2.45) is 0 Å². The molecule has 0 amide bonds. The Bertz CT molecular complexity index is 370. The van der Waals surface area contributed by atoms with Crippen molar-refractivity contribution in [1.29, 1.82) is 0 Å². The van der Waals surface area contributed by atoms with Crippen LogP contribution in [0.2, 0.25) is 0 Å². The highest BCUT2D eigenvalue weighted by molar-refractivity contribution is 5.45. The highest BCUT2D eigenvalue weighted by atomic mass is 16.5. The van der Waals surface area contributed by atoms with Crippen molar-refractivity contribution in [1.82, 2.24) is 9.97 Å². The van der Waals surface area contributed by atoms with Gasteiger partial charge in [-0.1, -0.05) is 26.2 Å². The van der Waals surface area contributed by atoms with Crippen LogP contribution >= 0.6 is 0 Å². The summed E-state index contributed by atoms with van der Waals surface area (Å²) in [6.07, 6.45) is 4.88. The molecular weight excluding hydrogens is 240 g/mol. The van der Waals surface area contributed by atoms with Crippen LogP contribution in [-0.2, 0) is 11.3 Å². The molecule has 19 heavy (non-hydrogen) atoms. The van der Waals surface area contributed by atoms with Crippen molar-refractivity contribution in [3.63, 3.8) is 0 Å². The summed E-state index contributed by atoms with van der Waals surface area (Å²) in [6.45, 7) is 7.37. The highest BCUT2D eigenvalue weighted by Gasteiger charge is 2.06. The summed E-state index contributed by atoms with van der Waals surface area (Å²) in [4.78, 5) is 8.57. The van der Waals surface area contributed by atoms with Crippen LogP contribution < -0.4 is 11.1 Å². The monoisotopic (exact) mass is 266 g/mol. The second-order valence-corrected chi connectivity index (χ2v) is 4.77. The Morgan fingerprint density at radius 2 is 2.11 bits per heavy atom. The van der Waals surface area contributed by atoms with Crippen molar-refractivity contribution in [2.45, 2.75) is 59.1 Å². The molecule has 108 valence electrons. The van der Waals surface area contributed by atoms with E-state index in [4.69, 9.17) is 10.5 Å². The van der Waals surface area contributed by atoms with E-state index in [1.165, 1.54) is 19.3 Å². The van der Waals surface area contributed by atoms with Gasteiger partial charge in [-0.25, -0.2) is 9.97 Å². The smallest absolute Gasteiger partial charge is 0.158 e. The van der Waals surface area contributed by atoms with Gasteiger partial charge in [0.2, 0.25) is 0 Å². The molecule has 0 spiro atoms. The number of nitrogens with one attached hydrogen (secondary N) is 1. The van der Waals surface area contributed by atoms with Gasteiger partial charge >= 0.3 is 0 Å². The Labute approximate surface area is 116 Å². The average Bonchev–Trinajstić information content (AvgIpc) is 2.36. The van der Waals surface area contributed by atoms with Gasteiger partial charge in [-0.3, -0.25) is 0 Å². The number of nitrogens with zero attached hydrogens (tertiary/aromatic N) is 2. The fourth-order valence-corrected chi connectivity index (χ4v) is 1.87. The van der Waals surface area contributed by atoms with E-state index in [2.05, 4.69) is 29.1 Å². The van der Waals surface area contributed by atoms with Gasteiger partial charge in [0.15, 0.2) is 5.82 Å². The summed E-state index contributed by atoms with van der Waals surface area (Å²) in [7, 11) is 0. The van der Waals surface area contributed by atoms with Crippen molar-refractivity contribution < 1.29 is 4.74 Å². The van der Waals surface area contributed by atoms with E-state index < -0.39 is 0 Å². The Hall–Kier alpha value is -1.36. The second kappa shape index (κ2) is 8.69. The van der Waals surface area contributed by atoms with E-state index in [9.17, 15) is 0 Å². The lowest BCUT2D eigenvalue weighted by molar-refractivity contribution is 0.128. The molecule has 0 aliphatic heterocycles. The van der Waals surface area contributed by atoms with Gasteiger partial charge in [0.05, 0.1) is 0 Å². The number of unbranched alkanes of at least 4 members (excludes halogenated alkanes) is 2. The molecule has 0 aliphatic rings. The molecule has 5 nitrogen and oxygen atoms in total. The lowest BCUT2D eigenvalue weighted by Gasteiger charge is -2.15. The third-order valence-corrected chi connectivity index (χ3v) is 2.86. The lowest BCUT2D eigenvalue weighted by Crippen LogP contribution is -2.17. The first-order chi connectivity index (χ1) is 9.15. The molecule has 0 fully saturated rings. The Kier molecular flexibility index (Phi) is 7.18. The van der Waals surface area contributed by atoms with Crippen LogP contribution in [0.25, 0.3) is 0 Å². The van der Waals surface area contributed by atoms with Crippen LogP contribution in [0.3, 0.4) is 0 Å². The zero-order valence-corrected chi connectivity index (χ0v) is 12.3. The Morgan fingerprint density at radius 1 is 1.32 bits per heavy atom. The second-order valence-electron chi connectivity index (χ2n) is 4.77. The van der Waals surface area contributed by atoms with E-state index in [-0.39, 0.29) is 0 Å². The maximum Gasteiger partial charge on any atom is 0.158 e. The number of hydrogen-bond donors (Lipinski definition) is 2. The molecule has 0 saturated carbocycles. The largest absolute Gasteiger partial charge is 0.384 e. The van der Waals surface area contributed by atoms with Crippen molar-refractivity contribution in [2.75, 3.05) is 17.7 Å². The number of nitrogens with two attached hydrogens (primary N) is 1. The van der Waals surface area contributed by atoms with Crippen LogP contribution in [0.5, 0.6) is 0 Å². The van der Waals surface area contributed by atoms with E-state index in [1.54, 1.807) is 6.07 Å². The first kappa shape index (κ1) is 15.7. The van der Waals surface area contributed by atoms with Gasteiger partial charge in [0, 0.05) is 18.7 Å². The zero-order chi connectivity index (χ0) is 14.1.